The number of carbonyl (C=O) groups excluding carboxylic acids is 1. The van der Waals surface area contributed by atoms with Gasteiger partial charge in [0.2, 0.25) is 0 Å². The van der Waals surface area contributed by atoms with Crippen LogP contribution in [0.5, 0.6) is 0 Å². The summed E-state index contributed by atoms with van der Waals surface area (Å²) in [5.74, 6) is -2.16. The second kappa shape index (κ2) is 5.36. The molecule has 0 aliphatic heterocycles. The highest BCUT2D eigenvalue weighted by molar-refractivity contribution is 6.04. The Balaban J connectivity index is 2.26. The fourth-order valence-corrected chi connectivity index (χ4v) is 1.60. The highest BCUT2D eigenvalue weighted by atomic mass is 19.1. The van der Waals surface area contributed by atoms with Crippen LogP contribution in [0, 0.1) is 23.0 Å². The van der Waals surface area contributed by atoms with Crippen molar-refractivity contribution in [2.45, 2.75) is 0 Å². The summed E-state index contributed by atoms with van der Waals surface area (Å²) in [6.45, 7) is 0. The standard InChI is InChI=1S/C14H9F2N3O/c15-12-4-2-10(5-8(12)7-17)19-14(20)11-3-1-9(18)6-13(11)16/h1-6H,18H2,(H,19,20). The van der Waals surface area contributed by atoms with Gasteiger partial charge < -0.3 is 11.1 Å². The number of nitriles is 1. The van der Waals surface area contributed by atoms with Crippen LogP contribution < -0.4 is 11.1 Å². The van der Waals surface area contributed by atoms with E-state index in [0.717, 1.165) is 12.1 Å². The van der Waals surface area contributed by atoms with Gasteiger partial charge in [0, 0.05) is 11.4 Å². The summed E-state index contributed by atoms with van der Waals surface area (Å²) in [6.07, 6.45) is 0. The molecule has 0 aliphatic rings. The normalized spacial score (nSPS) is 9.85. The third-order valence-corrected chi connectivity index (χ3v) is 2.58. The van der Waals surface area contributed by atoms with Crippen molar-refractivity contribution in [1.82, 2.24) is 0 Å². The van der Waals surface area contributed by atoms with E-state index >= 15 is 0 Å². The predicted octanol–water partition coefficient (Wildman–Crippen LogP) is 2.67. The molecule has 0 aromatic heterocycles. The molecule has 0 spiro atoms. The van der Waals surface area contributed by atoms with Crippen molar-refractivity contribution in [2.24, 2.45) is 0 Å². The van der Waals surface area contributed by atoms with E-state index in [1.54, 1.807) is 6.07 Å². The number of carbonyl (C=O) groups is 1. The zero-order chi connectivity index (χ0) is 14.7. The van der Waals surface area contributed by atoms with Crippen molar-refractivity contribution in [3.63, 3.8) is 0 Å². The van der Waals surface area contributed by atoms with Crippen molar-refractivity contribution in [1.29, 1.82) is 5.26 Å². The molecular formula is C14H9F2N3O. The molecule has 0 atom stereocenters. The second-order valence-electron chi connectivity index (χ2n) is 4.00. The monoisotopic (exact) mass is 273 g/mol. The summed E-state index contributed by atoms with van der Waals surface area (Å²) in [7, 11) is 0. The summed E-state index contributed by atoms with van der Waals surface area (Å²) < 4.78 is 26.7. The summed E-state index contributed by atoms with van der Waals surface area (Å²) in [4.78, 5) is 11.9. The molecule has 0 aliphatic carbocycles. The Hall–Kier alpha value is -2.94. The summed E-state index contributed by atoms with van der Waals surface area (Å²) >= 11 is 0. The van der Waals surface area contributed by atoms with Gasteiger partial charge >= 0.3 is 0 Å². The number of nitrogens with zero attached hydrogens (tertiary/aromatic N) is 1. The van der Waals surface area contributed by atoms with Gasteiger partial charge in [-0.25, -0.2) is 8.78 Å². The molecule has 3 N–H and O–H groups in total. The lowest BCUT2D eigenvalue weighted by atomic mass is 10.1. The van der Waals surface area contributed by atoms with Crippen LogP contribution in [0.3, 0.4) is 0 Å². The Bertz CT molecular complexity index is 723. The molecule has 0 radical (unpaired) electrons. The first-order chi connectivity index (χ1) is 9.51. The molecule has 0 heterocycles. The van der Waals surface area contributed by atoms with E-state index in [0.29, 0.717) is 0 Å². The molecule has 0 unspecified atom stereocenters. The average Bonchev–Trinajstić information content (AvgIpc) is 2.40. The fraction of sp³-hybridized carbons (Fsp3) is 0. The molecule has 100 valence electrons. The number of nitrogens with one attached hydrogen (secondary N) is 1. The van der Waals surface area contributed by atoms with E-state index in [2.05, 4.69) is 5.32 Å². The number of hydrogen-bond donors (Lipinski definition) is 2. The van der Waals surface area contributed by atoms with Crippen LogP contribution in [0.25, 0.3) is 0 Å². The highest BCUT2D eigenvalue weighted by Gasteiger charge is 2.13. The first-order valence-electron chi connectivity index (χ1n) is 5.57. The fourth-order valence-electron chi connectivity index (χ4n) is 1.60. The zero-order valence-corrected chi connectivity index (χ0v) is 10.2. The van der Waals surface area contributed by atoms with Crippen LogP contribution >= 0.6 is 0 Å². The molecule has 0 bridgehead atoms. The topological polar surface area (TPSA) is 78.9 Å². The minimum absolute atomic E-state index is 0.193. The van der Waals surface area contributed by atoms with Crippen LogP contribution in [0.4, 0.5) is 20.2 Å². The lowest BCUT2D eigenvalue weighted by Gasteiger charge is -2.07. The van der Waals surface area contributed by atoms with Crippen molar-refractivity contribution < 1.29 is 13.6 Å². The van der Waals surface area contributed by atoms with Crippen LogP contribution in [0.1, 0.15) is 15.9 Å². The SMILES string of the molecule is N#Cc1cc(NC(=O)c2ccc(N)cc2F)ccc1F. The number of halogens is 2. The van der Waals surface area contributed by atoms with Crippen LogP contribution in [-0.4, -0.2) is 5.91 Å². The predicted molar refractivity (Wildman–Crippen MR) is 69.9 cm³/mol. The Morgan fingerprint density at radius 1 is 1.15 bits per heavy atom. The van der Waals surface area contributed by atoms with E-state index in [1.165, 1.54) is 24.3 Å². The van der Waals surface area contributed by atoms with Crippen LogP contribution in [-0.2, 0) is 0 Å². The Morgan fingerprint density at radius 2 is 1.90 bits per heavy atom. The van der Waals surface area contributed by atoms with Gasteiger partial charge in [0.15, 0.2) is 0 Å². The molecule has 2 rings (SSSR count). The number of rotatable bonds is 2. The maximum atomic E-state index is 13.6. The highest BCUT2D eigenvalue weighted by Crippen LogP contribution is 2.17. The van der Waals surface area contributed by atoms with E-state index in [4.69, 9.17) is 11.0 Å². The van der Waals surface area contributed by atoms with Crippen molar-refractivity contribution in [2.75, 3.05) is 11.1 Å². The minimum atomic E-state index is -0.759. The zero-order valence-electron chi connectivity index (χ0n) is 10.2. The number of nitrogen functional groups attached to an aromatic ring is 1. The van der Waals surface area contributed by atoms with Crippen molar-refractivity contribution >= 4 is 17.3 Å². The molecular weight excluding hydrogens is 264 g/mol. The third-order valence-electron chi connectivity index (χ3n) is 2.58. The minimum Gasteiger partial charge on any atom is -0.399 e. The first-order valence-corrected chi connectivity index (χ1v) is 5.57. The summed E-state index contributed by atoms with van der Waals surface area (Å²) in [6, 6.07) is 8.81. The molecule has 20 heavy (non-hydrogen) atoms. The quantitative estimate of drug-likeness (QED) is 0.825. The Morgan fingerprint density at radius 3 is 2.55 bits per heavy atom. The largest absolute Gasteiger partial charge is 0.399 e. The summed E-state index contributed by atoms with van der Waals surface area (Å²) in [5.41, 5.74) is 5.38. The lowest BCUT2D eigenvalue weighted by molar-refractivity contribution is 0.102. The van der Waals surface area contributed by atoms with Gasteiger partial charge in [-0.2, -0.15) is 5.26 Å². The van der Waals surface area contributed by atoms with Gasteiger partial charge in [0.1, 0.15) is 17.7 Å². The van der Waals surface area contributed by atoms with E-state index in [-0.39, 0.29) is 22.5 Å². The van der Waals surface area contributed by atoms with Crippen LogP contribution in [0.15, 0.2) is 36.4 Å². The smallest absolute Gasteiger partial charge is 0.258 e. The average molecular weight is 273 g/mol. The van der Waals surface area contributed by atoms with E-state index in [1.807, 2.05) is 0 Å². The second-order valence-corrected chi connectivity index (χ2v) is 4.00. The molecule has 4 nitrogen and oxygen atoms in total. The van der Waals surface area contributed by atoms with E-state index in [9.17, 15) is 13.6 Å². The number of anilines is 2. The molecule has 1 amide bonds. The molecule has 0 saturated heterocycles. The number of hydrogen-bond acceptors (Lipinski definition) is 3. The number of amides is 1. The van der Waals surface area contributed by atoms with Gasteiger partial charge in [-0.1, -0.05) is 0 Å². The molecule has 2 aromatic carbocycles. The maximum absolute atomic E-state index is 13.6. The van der Waals surface area contributed by atoms with Gasteiger partial charge in [0.05, 0.1) is 11.1 Å². The van der Waals surface area contributed by atoms with Gasteiger partial charge in [-0.3, -0.25) is 4.79 Å². The Labute approximate surface area is 113 Å². The first kappa shape index (κ1) is 13.5. The lowest BCUT2D eigenvalue weighted by Crippen LogP contribution is -2.14. The number of nitrogens with two attached hydrogens (primary N) is 1. The molecule has 0 fully saturated rings. The third kappa shape index (κ3) is 2.72. The maximum Gasteiger partial charge on any atom is 0.258 e. The number of benzene rings is 2. The van der Waals surface area contributed by atoms with Gasteiger partial charge in [-0.15, -0.1) is 0 Å². The van der Waals surface area contributed by atoms with Crippen molar-refractivity contribution in [3.8, 4) is 6.07 Å². The summed E-state index contributed by atoms with van der Waals surface area (Å²) in [5, 5.41) is 11.1. The molecule has 0 saturated carbocycles. The van der Waals surface area contributed by atoms with Crippen molar-refractivity contribution in [3.05, 3.63) is 59.2 Å². The van der Waals surface area contributed by atoms with Crippen LogP contribution in [0.2, 0.25) is 0 Å². The van der Waals surface area contributed by atoms with E-state index < -0.39 is 17.5 Å². The molecule has 2 aromatic rings. The Kier molecular flexibility index (Phi) is 3.62. The van der Waals surface area contributed by atoms with Gasteiger partial charge in [-0.05, 0) is 36.4 Å². The molecule has 6 heteroatoms. The van der Waals surface area contributed by atoms with Gasteiger partial charge in [0.25, 0.3) is 5.91 Å².